The Labute approximate surface area is 132 Å². The fourth-order valence-corrected chi connectivity index (χ4v) is 2.79. The number of carbonyl (C=O) groups excluding carboxylic acids is 1. The van der Waals surface area contributed by atoms with Gasteiger partial charge in [0.15, 0.2) is 0 Å². The molecule has 1 aromatic rings. The topological polar surface area (TPSA) is 29.5 Å². The second-order valence-corrected chi connectivity index (χ2v) is 7.04. The number of hydrogen-bond donors (Lipinski definition) is 0. The van der Waals surface area contributed by atoms with Crippen molar-refractivity contribution in [2.45, 2.75) is 52.1 Å². The van der Waals surface area contributed by atoms with Gasteiger partial charge in [-0.2, -0.15) is 0 Å². The number of likely N-dealkylation sites (tertiary alicyclic amines) is 1. The van der Waals surface area contributed by atoms with Crippen LogP contribution in [0.15, 0.2) is 24.3 Å². The molecule has 4 heteroatoms. The summed E-state index contributed by atoms with van der Waals surface area (Å²) >= 11 is 0. The number of benzene rings is 1. The van der Waals surface area contributed by atoms with Crippen molar-refractivity contribution in [3.8, 4) is 0 Å². The number of hydrogen-bond acceptors (Lipinski definition) is 2. The first-order valence-corrected chi connectivity index (χ1v) is 8.06. The van der Waals surface area contributed by atoms with Crippen molar-refractivity contribution < 1.29 is 13.9 Å². The molecule has 0 N–H and O–H groups in total. The van der Waals surface area contributed by atoms with E-state index < -0.39 is 5.60 Å². The van der Waals surface area contributed by atoms with Gasteiger partial charge in [0.1, 0.15) is 11.4 Å². The second kappa shape index (κ2) is 7.12. The van der Waals surface area contributed by atoms with Gasteiger partial charge < -0.3 is 9.64 Å². The first kappa shape index (κ1) is 16.8. The Balaban J connectivity index is 1.76. The Morgan fingerprint density at radius 3 is 2.50 bits per heavy atom. The molecule has 0 saturated carbocycles. The van der Waals surface area contributed by atoms with Crippen molar-refractivity contribution in [1.29, 1.82) is 0 Å². The number of carbonyl (C=O) groups is 1. The van der Waals surface area contributed by atoms with Crippen molar-refractivity contribution in [1.82, 2.24) is 4.90 Å². The van der Waals surface area contributed by atoms with Crippen LogP contribution < -0.4 is 0 Å². The first-order valence-electron chi connectivity index (χ1n) is 8.06. The number of halogens is 1. The molecule has 0 aliphatic carbocycles. The van der Waals surface area contributed by atoms with Gasteiger partial charge >= 0.3 is 6.09 Å². The van der Waals surface area contributed by atoms with E-state index >= 15 is 0 Å². The van der Waals surface area contributed by atoms with Crippen LogP contribution in [0.25, 0.3) is 0 Å². The molecule has 0 bridgehead atoms. The molecule has 0 unspecified atom stereocenters. The summed E-state index contributed by atoms with van der Waals surface area (Å²) in [6.07, 6.45) is 3.45. The fraction of sp³-hybridized carbons (Fsp3) is 0.611. The predicted octanol–water partition coefficient (Wildman–Crippen LogP) is 4.41. The van der Waals surface area contributed by atoms with Crippen LogP contribution in [0.3, 0.4) is 0 Å². The van der Waals surface area contributed by atoms with E-state index in [1.807, 2.05) is 32.9 Å². The third kappa shape index (κ3) is 5.00. The van der Waals surface area contributed by atoms with Crippen LogP contribution in [0, 0.1) is 11.7 Å². The Bertz CT molecular complexity index is 502. The van der Waals surface area contributed by atoms with Crippen LogP contribution >= 0.6 is 0 Å². The zero-order valence-corrected chi connectivity index (χ0v) is 13.8. The number of amides is 1. The molecule has 1 aliphatic heterocycles. The lowest BCUT2D eigenvalue weighted by Gasteiger charge is -2.33. The molecule has 1 saturated heterocycles. The molecule has 1 fully saturated rings. The second-order valence-electron chi connectivity index (χ2n) is 7.04. The third-order valence-corrected chi connectivity index (χ3v) is 4.05. The summed E-state index contributed by atoms with van der Waals surface area (Å²) in [5, 5.41) is 0. The van der Waals surface area contributed by atoms with Gasteiger partial charge in [-0.3, -0.25) is 0 Å². The molecule has 0 radical (unpaired) electrons. The molecule has 1 aliphatic rings. The number of aryl methyl sites for hydroxylation is 1. The molecule has 0 aromatic heterocycles. The maximum absolute atomic E-state index is 13.6. The van der Waals surface area contributed by atoms with Gasteiger partial charge in [0.25, 0.3) is 0 Å². The number of rotatable bonds is 3. The average Bonchev–Trinajstić information content (AvgIpc) is 2.45. The van der Waals surface area contributed by atoms with E-state index in [0.29, 0.717) is 5.92 Å². The minimum absolute atomic E-state index is 0.117. The van der Waals surface area contributed by atoms with Gasteiger partial charge in [-0.15, -0.1) is 0 Å². The summed E-state index contributed by atoms with van der Waals surface area (Å²) in [7, 11) is 0. The third-order valence-electron chi connectivity index (χ3n) is 4.05. The van der Waals surface area contributed by atoms with Gasteiger partial charge in [-0.25, -0.2) is 9.18 Å². The maximum atomic E-state index is 13.6. The molecular weight excluding hydrogens is 281 g/mol. The molecule has 0 spiro atoms. The van der Waals surface area contributed by atoms with Gasteiger partial charge in [-0.1, -0.05) is 18.2 Å². The predicted molar refractivity (Wildman–Crippen MR) is 85.3 cm³/mol. The standard InChI is InChI=1S/C18H26FNO2/c1-18(2,3)22-17(21)20-12-10-14(11-13-20)8-9-15-6-4-5-7-16(15)19/h4-7,14H,8-13H2,1-3H3. The smallest absolute Gasteiger partial charge is 0.410 e. The van der Waals surface area contributed by atoms with Gasteiger partial charge in [0.2, 0.25) is 0 Å². The Morgan fingerprint density at radius 1 is 1.27 bits per heavy atom. The monoisotopic (exact) mass is 307 g/mol. The lowest BCUT2D eigenvalue weighted by Crippen LogP contribution is -2.41. The van der Waals surface area contributed by atoms with Crippen molar-refractivity contribution in [2.75, 3.05) is 13.1 Å². The summed E-state index contributed by atoms with van der Waals surface area (Å²) in [5.74, 6) is 0.437. The van der Waals surface area contributed by atoms with Gasteiger partial charge in [-0.05, 0) is 64.0 Å². The summed E-state index contributed by atoms with van der Waals surface area (Å²) < 4.78 is 19.0. The summed E-state index contributed by atoms with van der Waals surface area (Å²) in [4.78, 5) is 13.8. The van der Waals surface area contributed by atoms with Crippen molar-refractivity contribution >= 4 is 6.09 Å². The van der Waals surface area contributed by atoms with E-state index in [4.69, 9.17) is 4.74 Å². The van der Waals surface area contributed by atoms with Gasteiger partial charge in [0.05, 0.1) is 0 Å². The molecule has 1 amide bonds. The normalized spacial score (nSPS) is 16.6. The zero-order chi connectivity index (χ0) is 16.2. The molecule has 22 heavy (non-hydrogen) atoms. The zero-order valence-electron chi connectivity index (χ0n) is 13.8. The first-order chi connectivity index (χ1) is 10.3. The van der Waals surface area contributed by atoms with E-state index in [2.05, 4.69) is 0 Å². The molecular formula is C18H26FNO2. The van der Waals surface area contributed by atoms with E-state index in [9.17, 15) is 9.18 Å². The molecule has 0 atom stereocenters. The highest BCUT2D eigenvalue weighted by atomic mass is 19.1. The summed E-state index contributed by atoms with van der Waals surface area (Å²) in [6.45, 7) is 7.11. The van der Waals surface area contributed by atoms with E-state index in [1.54, 1.807) is 11.0 Å². The van der Waals surface area contributed by atoms with Crippen LogP contribution in [-0.4, -0.2) is 29.7 Å². The minimum atomic E-state index is -0.446. The number of ether oxygens (including phenoxy) is 1. The Morgan fingerprint density at radius 2 is 1.91 bits per heavy atom. The largest absolute Gasteiger partial charge is 0.444 e. The molecule has 1 aromatic carbocycles. The van der Waals surface area contributed by atoms with Crippen LogP contribution in [0.5, 0.6) is 0 Å². The minimum Gasteiger partial charge on any atom is -0.444 e. The number of piperidine rings is 1. The van der Waals surface area contributed by atoms with Crippen LogP contribution in [0.4, 0.5) is 9.18 Å². The SMILES string of the molecule is CC(C)(C)OC(=O)N1CCC(CCc2ccccc2F)CC1. The highest BCUT2D eigenvalue weighted by molar-refractivity contribution is 5.68. The average molecular weight is 307 g/mol. The Kier molecular flexibility index (Phi) is 5.43. The maximum Gasteiger partial charge on any atom is 0.410 e. The quantitative estimate of drug-likeness (QED) is 0.828. The number of nitrogens with zero attached hydrogens (tertiary/aromatic N) is 1. The van der Waals surface area contributed by atoms with Crippen LogP contribution in [0.2, 0.25) is 0 Å². The molecule has 122 valence electrons. The lowest BCUT2D eigenvalue weighted by atomic mass is 9.90. The van der Waals surface area contributed by atoms with Crippen molar-refractivity contribution in [3.63, 3.8) is 0 Å². The van der Waals surface area contributed by atoms with Gasteiger partial charge in [0, 0.05) is 13.1 Å². The van der Waals surface area contributed by atoms with Crippen LogP contribution in [0.1, 0.15) is 45.6 Å². The van der Waals surface area contributed by atoms with E-state index in [-0.39, 0.29) is 11.9 Å². The highest BCUT2D eigenvalue weighted by Crippen LogP contribution is 2.24. The van der Waals surface area contributed by atoms with Crippen molar-refractivity contribution in [2.24, 2.45) is 5.92 Å². The van der Waals surface area contributed by atoms with Crippen LogP contribution in [-0.2, 0) is 11.2 Å². The molecule has 1 heterocycles. The molecule has 2 rings (SSSR count). The molecule has 3 nitrogen and oxygen atoms in total. The van der Waals surface area contributed by atoms with E-state index in [1.165, 1.54) is 6.07 Å². The Hall–Kier alpha value is -1.58. The fourth-order valence-electron chi connectivity index (χ4n) is 2.79. The van der Waals surface area contributed by atoms with E-state index in [0.717, 1.165) is 44.3 Å². The lowest BCUT2D eigenvalue weighted by molar-refractivity contribution is 0.0181. The summed E-state index contributed by atoms with van der Waals surface area (Å²) in [5.41, 5.74) is 0.343. The van der Waals surface area contributed by atoms with Crippen molar-refractivity contribution in [3.05, 3.63) is 35.6 Å². The highest BCUT2D eigenvalue weighted by Gasteiger charge is 2.26. The summed E-state index contributed by atoms with van der Waals surface area (Å²) in [6, 6.07) is 6.97.